The van der Waals surface area contributed by atoms with E-state index >= 15 is 0 Å². The molecule has 0 aliphatic heterocycles. The van der Waals surface area contributed by atoms with E-state index in [2.05, 4.69) is 46.9 Å². The lowest BCUT2D eigenvalue weighted by molar-refractivity contribution is -0.117. The van der Waals surface area contributed by atoms with Crippen LogP contribution in [-0.4, -0.2) is 36.9 Å². The van der Waals surface area contributed by atoms with Gasteiger partial charge in [0.15, 0.2) is 0 Å². The van der Waals surface area contributed by atoms with Crippen LogP contribution in [0, 0.1) is 11.3 Å². The maximum absolute atomic E-state index is 13.3. The average Bonchev–Trinajstić information content (AvgIpc) is 3.18. The van der Waals surface area contributed by atoms with Crippen LogP contribution in [0.1, 0.15) is 63.2 Å². The zero-order valence-electron chi connectivity index (χ0n) is 20.2. The van der Waals surface area contributed by atoms with Crippen molar-refractivity contribution in [3.05, 3.63) is 46.2 Å². The zero-order valence-corrected chi connectivity index (χ0v) is 21.0. The number of carbonyl (C=O) groups is 2. The Morgan fingerprint density at radius 1 is 1.10 bits per heavy atom. The standard InChI is InChI=1S/C25H37N3O2S/c1-17(2)18(3)28(24(30)22-10-9-13-31-22)16-19-14-20(11-12-21(19)27(7)8)26-23(29)15-25(4,5)6/h9-14,17-18H,15-16H2,1-8H3,(H,26,29)/t18-/m1/s1. The van der Waals surface area contributed by atoms with Crippen molar-refractivity contribution >= 4 is 34.5 Å². The van der Waals surface area contributed by atoms with Gasteiger partial charge in [-0.15, -0.1) is 11.3 Å². The second-order valence-electron chi connectivity index (χ2n) is 9.92. The van der Waals surface area contributed by atoms with Crippen LogP contribution < -0.4 is 10.2 Å². The van der Waals surface area contributed by atoms with Crippen molar-refractivity contribution < 1.29 is 9.59 Å². The van der Waals surface area contributed by atoms with E-state index in [1.807, 2.05) is 59.6 Å². The van der Waals surface area contributed by atoms with Crippen molar-refractivity contribution in [2.45, 2.75) is 60.5 Å². The fraction of sp³-hybridized carbons (Fsp3) is 0.520. The third kappa shape index (κ3) is 7.10. The van der Waals surface area contributed by atoms with Crippen molar-refractivity contribution in [1.29, 1.82) is 0 Å². The molecule has 0 aliphatic rings. The number of nitrogens with one attached hydrogen (secondary N) is 1. The van der Waals surface area contributed by atoms with E-state index in [1.165, 1.54) is 11.3 Å². The molecule has 1 aromatic carbocycles. The van der Waals surface area contributed by atoms with Gasteiger partial charge in [-0.3, -0.25) is 9.59 Å². The Kier molecular flexibility index (Phi) is 8.29. The van der Waals surface area contributed by atoms with E-state index in [4.69, 9.17) is 0 Å². The van der Waals surface area contributed by atoms with Crippen LogP contribution in [0.4, 0.5) is 11.4 Å². The van der Waals surface area contributed by atoms with Crippen molar-refractivity contribution in [2.75, 3.05) is 24.3 Å². The molecule has 6 heteroatoms. The van der Waals surface area contributed by atoms with Crippen LogP contribution in [0.2, 0.25) is 0 Å². The van der Waals surface area contributed by atoms with E-state index < -0.39 is 0 Å². The van der Waals surface area contributed by atoms with Gasteiger partial charge < -0.3 is 15.1 Å². The number of carbonyl (C=O) groups excluding carboxylic acids is 2. The molecule has 0 bridgehead atoms. The molecule has 0 aliphatic carbocycles. The lowest BCUT2D eigenvalue weighted by Crippen LogP contribution is -2.41. The number of thiophene rings is 1. The molecule has 0 spiro atoms. The first kappa shape index (κ1) is 24.9. The Labute approximate surface area is 191 Å². The molecule has 0 saturated heterocycles. The van der Waals surface area contributed by atoms with Gasteiger partial charge in [0, 0.05) is 44.5 Å². The first-order valence-electron chi connectivity index (χ1n) is 10.8. The summed E-state index contributed by atoms with van der Waals surface area (Å²) in [6.07, 6.45) is 0.450. The van der Waals surface area contributed by atoms with Crippen LogP contribution in [-0.2, 0) is 11.3 Å². The van der Waals surface area contributed by atoms with Gasteiger partial charge in [0.25, 0.3) is 5.91 Å². The highest BCUT2D eigenvalue weighted by molar-refractivity contribution is 7.12. The van der Waals surface area contributed by atoms with E-state index in [9.17, 15) is 9.59 Å². The van der Waals surface area contributed by atoms with Gasteiger partial charge in [-0.1, -0.05) is 40.7 Å². The van der Waals surface area contributed by atoms with Gasteiger partial charge in [0.2, 0.25) is 5.91 Å². The summed E-state index contributed by atoms with van der Waals surface area (Å²) in [4.78, 5) is 30.5. The Morgan fingerprint density at radius 2 is 1.77 bits per heavy atom. The molecular formula is C25H37N3O2S. The van der Waals surface area contributed by atoms with Crippen LogP contribution in [0.3, 0.4) is 0 Å². The molecule has 1 N–H and O–H groups in total. The molecule has 31 heavy (non-hydrogen) atoms. The molecule has 2 aromatic rings. The lowest BCUT2D eigenvalue weighted by atomic mass is 9.92. The van der Waals surface area contributed by atoms with Crippen molar-refractivity contribution in [3.63, 3.8) is 0 Å². The summed E-state index contributed by atoms with van der Waals surface area (Å²) in [6.45, 7) is 13.0. The smallest absolute Gasteiger partial charge is 0.264 e. The number of hydrogen-bond donors (Lipinski definition) is 1. The Balaban J connectivity index is 2.37. The molecule has 0 radical (unpaired) electrons. The van der Waals surface area contributed by atoms with E-state index in [0.717, 1.165) is 21.8 Å². The summed E-state index contributed by atoms with van der Waals surface area (Å²) in [7, 11) is 3.99. The van der Waals surface area contributed by atoms with Gasteiger partial charge in [0.1, 0.15) is 0 Å². The quantitative estimate of drug-likeness (QED) is 0.555. The SMILES string of the molecule is CC(C)[C@@H](C)N(Cc1cc(NC(=O)CC(C)(C)C)ccc1N(C)C)C(=O)c1cccs1. The largest absolute Gasteiger partial charge is 0.377 e. The van der Waals surface area contributed by atoms with Crippen molar-refractivity contribution in [1.82, 2.24) is 4.90 Å². The number of amides is 2. The second-order valence-corrected chi connectivity index (χ2v) is 10.9. The predicted octanol–water partition coefficient (Wildman–Crippen LogP) is 5.88. The molecule has 2 rings (SSSR count). The minimum absolute atomic E-state index is 0.00174. The van der Waals surface area contributed by atoms with Gasteiger partial charge >= 0.3 is 0 Å². The van der Waals surface area contributed by atoms with E-state index in [-0.39, 0.29) is 23.3 Å². The monoisotopic (exact) mass is 443 g/mol. The molecule has 1 aromatic heterocycles. The normalized spacial score (nSPS) is 12.5. The topological polar surface area (TPSA) is 52.7 Å². The molecule has 5 nitrogen and oxygen atoms in total. The van der Waals surface area contributed by atoms with Gasteiger partial charge in [-0.2, -0.15) is 0 Å². The first-order valence-corrected chi connectivity index (χ1v) is 11.7. The predicted molar refractivity (Wildman–Crippen MR) is 132 cm³/mol. The van der Waals surface area contributed by atoms with Crippen molar-refractivity contribution in [2.24, 2.45) is 11.3 Å². The second kappa shape index (κ2) is 10.3. The fourth-order valence-corrected chi connectivity index (χ4v) is 4.08. The Morgan fingerprint density at radius 3 is 2.29 bits per heavy atom. The molecular weight excluding hydrogens is 406 g/mol. The minimum Gasteiger partial charge on any atom is -0.377 e. The maximum atomic E-state index is 13.3. The minimum atomic E-state index is -0.0763. The van der Waals surface area contributed by atoms with Crippen LogP contribution in [0.5, 0.6) is 0 Å². The third-order valence-electron chi connectivity index (χ3n) is 5.33. The van der Waals surface area contributed by atoms with Gasteiger partial charge in [-0.05, 0) is 53.5 Å². The molecule has 2 amide bonds. The van der Waals surface area contributed by atoms with Gasteiger partial charge in [0.05, 0.1) is 4.88 Å². The van der Waals surface area contributed by atoms with Gasteiger partial charge in [-0.25, -0.2) is 0 Å². The number of benzene rings is 1. The molecule has 170 valence electrons. The fourth-order valence-electron chi connectivity index (χ4n) is 3.40. The summed E-state index contributed by atoms with van der Waals surface area (Å²) in [5.74, 6) is 0.364. The first-order chi connectivity index (χ1) is 14.4. The molecule has 1 atom stereocenters. The van der Waals surface area contributed by atoms with Crippen molar-refractivity contribution in [3.8, 4) is 0 Å². The maximum Gasteiger partial charge on any atom is 0.264 e. The molecule has 1 heterocycles. The summed E-state index contributed by atoms with van der Waals surface area (Å²) >= 11 is 1.47. The summed E-state index contributed by atoms with van der Waals surface area (Å²) in [5, 5.41) is 4.96. The number of anilines is 2. The summed E-state index contributed by atoms with van der Waals surface area (Å²) < 4.78 is 0. The highest BCUT2D eigenvalue weighted by Gasteiger charge is 2.26. The average molecular weight is 444 g/mol. The third-order valence-corrected chi connectivity index (χ3v) is 6.18. The number of hydrogen-bond acceptors (Lipinski definition) is 4. The highest BCUT2D eigenvalue weighted by Crippen LogP contribution is 2.28. The van der Waals surface area contributed by atoms with E-state index in [1.54, 1.807) is 0 Å². The number of rotatable bonds is 8. The van der Waals surface area contributed by atoms with Crippen LogP contribution in [0.15, 0.2) is 35.7 Å². The molecule has 0 saturated carbocycles. The number of nitrogens with zero attached hydrogens (tertiary/aromatic N) is 2. The van der Waals surface area contributed by atoms with Crippen LogP contribution >= 0.6 is 11.3 Å². The summed E-state index contributed by atoms with van der Waals surface area (Å²) in [5.41, 5.74) is 2.73. The van der Waals surface area contributed by atoms with E-state index in [0.29, 0.717) is 18.9 Å². The molecule has 0 fully saturated rings. The summed E-state index contributed by atoms with van der Waals surface area (Å²) in [6, 6.07) is 9.80. The van der Waals surface area contributed by atoms with Crippen LogP contribution in [0.25, 0.3) is 0 Å². The zero-order chi connectivity index (χ0) is 23.3. The Hall–Kier alpha value is -2.34. The Bertz CT molecular complexity index is 883. The lowest BCUT2D eigenvalue weighted by Gasteiger charge is -2.33. The molecule has 0 unspecified atom stereocenters. The highest BCUT2D eigenvalue weighted by atomic mass is 32.1.